The van der Waals surface area contributed by atoms with Crippen LogP contribution in [0.1, 0.15) is 40.5 Å². The van der Waals surface area contributed by atoms with Crippen LogP contribution in [0, 0.1) is 0 Å². The van der Waals surface area contributed by atoms with Crippen molar-refractivity contribution in [3.63, 3.8) is 0 Å². The third-order valence-electron chi connectivity index (χ3n) is 3.68. The number of aryl methyl sites for hydroxylation is 1. The van der Waals surface area contributed by atoms with E-state index in [0.29, 0.717) is 11.3 Å². The van der Waals surface area contributed by atoms with E-state index in [1.165, 1.54) is 5.56 Å². The second kappa shape index (κ2) is 5.36. The topological polar surface area (TPSA) is 67.0 Å². The van der Waals surface area contributed by atoms with Gasteiger partial charge in [-0.3, -0.25) is 9.89 Å². The molecule has 104 valence electrons. The molecule has 3 rings (SSSR count). The Labute approximate surface area is 117 Å². The van der Waals surface area contributed by atoms with Crippen molar-refractivity contribution in [3.8, 4) is 5.75 Å². The minimum absolute atomic E-state index is 0.0138. The molecule has 1 aliphatic carbocycles. The highest BCUT2D eigenvalue weighted by atomic mass is 16.5. The molecule has 0 aliphatic heterocycles. The molecule has 5 heteroatoms. The number of H-pyrrole nitrogens is 1. The van der Waals surface area contributed by atoms with E-state index in [2.05, 4.69) is 15.5 Å². The first-order valence-corrected chi connectivity index (χ1v) is 6.75. The monoisotopic (exact) mass is 271 g/mol. The number of benzene rings is 1. The summed E-state index contributed by atoms with van der Waals surface area (Å²) >= 11 is 0. The molecule has 1 aliphatic rings. The van der Waals surface area contributed by atoms with Gasteiger partial charge >= 0.3 is 0 Å². The lowest BCUT2D eigenvalue weighted by molar-refractivity contribution is 0.0931. The maximum absolute atomic E-state index is 12.3. The fourth-order valence-electron chi connectivity index (χ4n) is 2.61. The van der Waals surface area contributed by atoms with Gasteiger partial charge in [0.1, 0.15) is 5.75 Å². The molecule has 1 heterocycles. The first kappa shape index (κ1) is 12.7. The standard InChI is InChI=1S/C15H17N3O2/c1-20-12-6-2-4-10(8-12)15(19)17-13-7-3-5-11-9-16-18-14(11)13/h2,4,6,8-9,13H,3,5,7H2,1H3,(H,16,18)(H,17,19)/t13-/m1/s1. The number of aromatic amines is 1. The molecular formula is C15H17N3O2. The van der Waals surface area contributed by atoms with E-state index in [4.69, 9.17) is 4.74 Å². The fourth-order valence-corrected chi connectivity index (χ4v) is 2.61. The Morgan fingerprint density at radius 1 is 1.50 bits per heavy atom. The van der Waals surface area contributed by atoms with Crippen molar-refractivity contribution in [2.75, 3.05) is 7.11 Å². The highest BCUT2D eigenvalue weighted by Gasteiger charge is 2.23. The van der Waals surface area contributed by atoms with Gasteiger partial charge in [0.2, 0.25) is 0 Å². The fraction of sp³-hybridized carbons (Fsp3) is 0.333. The summed E-state index contributed by atoms with van der Waals surface area (Å²) in [7, 11) is 1.59. The highest BCUT2D eigenvalue weighted by Crippen LogP contribution is 2.28. The summed E-state index contributed by atoms with van der Waals surface area (Å²) in [5.74, 6) is 0.597. The van der Waals surface area contributed by atoms with Crippen molar-refractivity contribution < 1.29 is 9.53 Å². The van der Waals surface area contributed by atoms with Crippen LogP contribution in [0.2, 0.25) is 0 Å². The third-order valence-corrected chi connectivity index (χ3v) is 3.68. The van der Waals surface area contributed by atoms with Crippen molar-refractivity contribution >= 4 is 5.91 Å². The van der Waals surface area contributed by atoms with Gasteiger partial charge in [-0.2, -0.15) is 5.10 Å². The number of aromatic nitrogens is 2. The molecule has 20 heavy (non-hydrogen) atoms. The summed E-state index contributed by atoms with van der Waals surface area (Å²) in [5, 5.41) is 10.1. The lowest BCUT2D eigenvalue weighted by Crippen LogP contribution is -2.31. The van der Waals surface area contributed by atoms with Gasteiger partial charge in [-0.25, -0.2) is 0 Å². The zero-order chi connectivity index (χ0) is 13.9. The van der Waals surface area contributed by atoms with Crippen molar-refractivity contribution in [3.05, 3.63) is 47.3 Å². The van der Waals surface area contributed by atoms with Crippen LogP contribution in [-0.2, 0) is 6.42 Å². The van der Waals surface area contributed by atoms with Crippen LogP contribution in [0.4, 0.5) is 0 Å². The first-order chi connectivity index (χ1) is 9.78. The summed E-state index contributed by atoms with van der Waals surface area (Å²) in [4.78, 5) is 12.3. The number of carbonyl (C=O) groups is 1. The van der Waals surface area contributed by atoms with Crippen molar-refractivity contribution in [2.24, 2.45) is 0 Å². The zero-order valence-corrected chi connectivity index (χ0v) is 11.3. The molecule has 1 amide bonds. The third kappa shape index (κ3) is 2.39. The molecule has 5 nitrogen and oxygen atoms in total. The molecule has 0 radical (unpaired) electrons. The van der Waals surface area contributed by atoms with E-state index >= 15 is 0 Å². The molecule has 2 aromatic rings. The Bertz CT molecular complexity index is 621. The van der Waals surface area contributed by atoms with Crippen molar-refractivity contribution in [1.82, 2.24) is 15.5 Å². The Morgan fingerprint density at radius 3 is 3.25 bits per heavy atom. The van der Waals surface area contributed by atoms with Gasteiger partial charge in [0.05, 0.1) is 25.0 Å². The SMILES string of the molecule is COc1cccc(C(=O)N[C@@H]2CCCc3cn[nH]c32)c1. The normalized spacial score (nSPS) is 17.4. The lowest BCUT2D eigenvalue weighted by atomic mass is 9.93. The molecule has 0 saturated carbocycles. The molecule has 0 unspecified atom stereocenters. The smallest absolute Gasteiger partial charge is 0.251 e. The predicted octanol–water partition coefficient (Wildman–Crippen LogP) is 2.23. The summed E-state index contributed by atoms with van der Waals surface area (Å²) < 4.78 is 5.14. The van der Waals surface area contributed by atoms with Gasteiger partial charge in [-0.05, 0) is 43.0 Å². The quantitative estimate of drug-likeness (QED) is 0.899. The van der Waals surface area contributed by atoms with E-state index in [9.17, 15) is 4.79 Å². The molecule has 0 fully saturated rings. The van der Waals surface area contributed by atoms with E-state index in [-0.39, 0.29) is 11.9 Å². The van der Waals surface area contributed by atoms with Crippen LogP contribution in [0.5, 0.6) is 5.75 Å². The van der Waals surface area contributed by atoms with Crippen LogP contribution < -0.4 is 10.1 Å². The number of ether oxygens (including phenoxy) is 1. The van der Waals surface area contributed by atoms with Gasteiger partial charge in [-0.15, -0.1) is 0 Å². The first-order valence-electron chi connectivity index (χ1n) is 6.75. The number of amides is 1. The van der Waals surface area contributed by atoms with E-state index in [0.717, 1.165) is 25.0 Å². The summed E-state index contributed by atoms with van der Waals surface area (Å²) in [6.45, 7) is 0. The van der Waals surface area contributed by atoms with Crippen LogP contribution >= 0.6 is 0 Å². The van der Waals surface area contributed by atoms with Gasteiger partial charge < -0.3 is 10.1 Å². The number of carbonyl (C=O) groups excluding carboxylic acids is 1. The summed E-state index contributed by atoms with van der Waals surface area (Å²) in [5.41, 5.74) is 2.84. The Hall–Kier alpha value is -2.30. The van der Waals surface area contributed by atoms with Gasteiger partial charge in [0, 0.05) is 5.56 Å². The van der Waals surface area contributed by atoms with Crippen LogP contribution in [0.25, 0.3) is 0 Å². The Balaban J connectivity index is 1.77. The second-order valence-corrected chi connectivity index (χ2v) is 4.96. The number of methoxy groups -OCH3 is 1. The maximum Gasteiger partial charge on any atom is 0.251 e. The number of nitrogens with zero attached hydrogens (tertiary/aromatic N) is 1. The molecular weight excluding hydrogens is 254 g/mol. The molecule has 2 N–H and O–H groups in total. The van der Waals surface area contributed by atoms with Crippen LogP contribution in [0.15, 0.2) is 30.5 Å². The average Bonchev–Trinajstić information content (AvgIpc) is 2.97. The van der Waals surface area contributed by atoms with E-state index in [1.807, 2.05) is 18.3 Å². The average molecular weight is 271 g/mol. The van der Waals surface area contributed by atoms with Gasteiger partial charge in [-0.1, -0.05) is 6.07 Å². The molecule has 1 aromatic heterocycles. The van der Waals surface area contributed by atoms with Gasteiger partial charge in [0.15, 0.2) is 0 Å². The lowest BCUT2D eigenvalue weighted by Gasteiger charge is -2.23. The van der Waals surface area contributed by atoms with Crippen molar-refractivity contribution in [1.29, 1.82) is 0 Å². The molecule has 1 aromatic carbocycles. The Morgan fingerprint density at radius 2 is 2.40 bits per heavy atom. The second-order valence-electron chi connectivity index (χ2n) is 4.96. The summed E-state index contributed by atoms with van der Waals surface area (Å²) in [6, 6.07) is 7.18. The molecule has 0 saturated heterocycles. The van der Waals surface area contributed by atoms with E-state index < -0.39 is 0 Å². The molecule has 0 bridgehead atoms. The number of hydrogen-bond acceptors (Lipinski definition) is 3. The highest BCUT2D eigenvalue weighted by molar-refractivity contribution is 5.94. The predicted molar refractivity (Wildman–Crippen MR) is 74.7 cm³/mol. The Kier molecular flexibility index (Phi) is 3.41. The van der Waals surface area contributed by atoms with Crippen LogP contribution in [-0.4, -0.2) is 23.2 Å². The number of rotatable bonds is 3. The zero-order valence-electron chi connectivity index (χ0n) is 11.3. The number of nitrogens with one attached hydrogen (secondary N) is 2. The molecule has 1 atom stereocenters. The number of hydrogen-bond donors (Lipinski definition) is 2. The summed E-state index contributed by atoms with van der Waals surface area (Å²) in [6.07, 6.45) is 4.87. The van der Waals surface area contributed by atoms with Crippen molar-refractivity contribution in [2.45, 2.75) is 25.3 Å². The van der Waals surface area contributed by atoms with Crippen LogP contribution in [0.3, 0.4) is 0 Å². The molecule has 0 spiro atoms. The maximum atomic E-state index is 12.3. The van der Waals surface area contributed by atoms with Gasteiger partial charge in [0.25, 0.3) is 5.91 Å². The minimum Gasteiger partial charge on any atom is -0.497 e. The minimum atomic E-state index is -0.0867. The largest absolute Gasteiger partial charge is 0.497 e. The number of fused-ring (bicyclic) bond motifs is 1. The van der Waals surface area contributed by atoms with E-state index in [1.54, 1.807) is 19.2 Å².